The standard InChI is InChI=1S/C20H23ClN2O2/c1-25-17-10-6-15(7-11-17)14-23(16-8-9-16)13-12-20(24)22-19-5-3-2-4-18(19)21/h2-7,10-11,16H,8-9,12-14H2,1H3,(H,22,24). The Labute approximate surface area is 153 Å². The lowest BCUT2D eigenvalue weighted by molar-refractivity contribution is -0.116. The fourth-order valence-electron chi connectivity index (χ4n) is 2.82. The van der Waals surface area contributed by atoms with E-state index >= 15 is 0 Å². The van der Waals surface area contributed by atoms with Crippen LogP contribution >= 0.6 is 11.6 Å². The second-order valence-corrected chi connectivity index (χ2v) is 6.73. The van der Waals surface area contributed by atoms with Crippen LogP contribution in [0, 0.1) is 0 Å². The van der Waals surface area contributed by atoms with Crippen molar-refractivity contribution >= 4 is 23.2 Å². The second-order valence-electron chi connectivity index (χ2n) is 6.33. The molecule has 2 aromatic carbocycles. The number of hydrogen-bond donors (Lipinski definition) is 1. The highest BCUT2D eigenvalue weighted by molar-refractivity contribution is 6.33. The van der Waals surface area contributed by atoms with Crippen molar-refractivity contribution < 1.29 is 9.53 Å². The molecular weight excluding hydrogens is 336 g/mol. The minimum atomic E-state index is -0.00604. The number of nitrogens with one attached hydrogen (secondary N) is 1. The van der Waals surface area contributed by atoms with Gasteiger partial charge < -0.3 is 10.1 Å². The number of para-hydroxylation sites is 1. The molecule has 4 nitrogen and oxygen atoms in total. The maximum Gasteiger partial charge on any atom is 0.225 e. The first kappa shape index (κ1) is 17.8. The van der Waals surface area contributed by atoms with E-state index in [1.807, 2.05) is 30.3 Å². The first-order valence-electron chi connectivity index (χ1n) is 8.57. The molecule has 132 valence electrons. The summed E-state index contributed by atoms with van der Waals surface area (Å²) in [5.41, 5.74) is 1.90. The summed E-state index contributed by atoms with van der Waals surface area (Å²) >= 11 is 6.09. The van der Waals surface area contributed by atoms with Crippen LogP contribution in [-0.2, 0) is 11.3 Å². The van der Waals surface area contributed by atoms with Gasteiger partial charge in [0.15, 0.2) is 0 Å². The first-order chi connectivity index (χ1) is 12.2. The highest BCUT2D eigenvalue weighted by Gasteiger charge is 2.29. The lowest BCUT2D eigenvalue weighted by atomic mass is 10.2. The van der Waals surface area contributed by atoms with Crippen molar-refractivity contribution in [1.82, 2.24) is 4.90 Å². The summed E-state index contributed by atoms with van der Waals surface area (Å²) < 4.78 is 5.20. The van der Waals surface area contributed by atoms with Gasteiger partial charge >= 0.3 is 0 Å². The number of nitrogens with zero attached hydrogens (tertiary/aromatic N) is 1. The van der Waals surface area contributed by atoms with Crippen LogP contribution in [-0.4, -0.2) is 30.5 Å². The molecule has 5 heteroatoms. The van der Waals surface area contributed by atoms with Gasteiger partial charge in [-0.25, -0.2) is 0 Å². The van der Waals surface area contributed by atoms with E-state index < -0.39 is 0 Å². The molecule has 1 N–H and O–H groups in total. The van der Waals surface area contributed by atoms with E-state index in [0.717, 1.165) is 18.8 Å². The Morgan fingerprint density at radius 3 is 2.56 bits per heavy atom. The molecule has 0 unspecified atom stereocenters. The van der Waals surface area contributed by atoms with E-state index in [9.17, 15) is 4.79 Å². The van der Waals surface area contributed by atoms with Crippen LogP contribution < -0.4 is 10.1 Å². The fourth-order valence-corrected chi connectivity index (χ4v) is 3.00. The topological polar surface area (TPSA) is 41.6 Å². The zero-order chi connectivity index (χ0) is 17.6. The van der Waals surface area contributed by atoms with E-state index in [1.165, 1.54) is 18.4 Å². The van der Waals surface area contributed by atoms with Gasteiger partial charge in [0, 0.05) is 25.6 Å². The van der Waals surface area contributed by atoms with Crippen molar-refractivity contribution in [1.29, 1.82) is 0 Å². The molecule has 2 aromatic rings. The molecular formula is C20H23ClN2O2. The maximum atomic E-state index is 12.2. The molecule has 1 fully saturated rings. The van der Waals surface area contributed by atoms with Gasteiger partial charge in [-0.1, -0.05) is 35.9 Å². The smallest absolute Gasteiger partial charge is 0.225 e. The van der Waals surface area contributed by atoms with Gasteiger partial charge in [-0.2, -0.15) is 0 Å². The third-order valence-electron chi connectivity index (χ3n) is 4.38. The minimum Gasteiger partial charge on any atom is -0.497 e. The minimum absolute atomic E-state index is 0.00604. The van der Waals surface area contributed by atoms with Gasteiger partial charge in [0.1, 0.15) is 5.75 Å². The largest absolute Gasteiger partial charge is 0.497 e. The molecule has 0 heterocycles. The van der Waals surface area contributed by atoms with Crippen molar-refractivity contribution in [2.75, 3.05) is 19.0 Å². The summed E-state index contributed by atoms with van der Waals surface area (Å²) in [6.45, 7) is 1.60. The van der Waals surface area contributed by atoms with Gasteiger partial charge in [0.05, 0.1) is 17.8 Å². The number of halogens is 1. The number of hydrogen-bond acceptors (Lipinski definition) is 3. The van der Waals surface area contributed by atoms with E-state index in [1.54, 1.807) is 13.2 Å². The zero-order valence-electron chi connectivity index (χ0n) is 14.4. The van der Waals surface area contributed by atoms with E-state index in [0.29, 0.717) is 23.2 Å². The lowest BCUT2D eigenvalue weighted by Crippen LogP contribution is -2.29. The van der Waals surface area contributed by atoms with E-state index in [2.05, 4.69) is 22.3 Å². The zero-order valence-corrected chi connectivity index (χ0v) is 15.1. The van der Waals surface area contributed by atoms with Gasteiger partial charge in [-0.3, -0.25) is 9.69 Å². The SMILES string of the molecule is COc1ccc(CN(CCC(=O)Nc2ccccc2Cl)C2CC2)cc1. The molecule has 3 rings (SSSR count). The normalized spacial score (nSPS) is 13.7. The van der Waals surface area contributed by atoms with Crippen molar-refractivity contribution in [2.45, 2.75) is 31.8 Å². The van der Waals surface area contributed by atoms with Crippen LogP contribution in [0.5, 0.6) is 5.75 Å². The van der Waals surface area contributed by atoms with Gasteiger partial charge in [0.2, 0.25) is 5.91 Å². The number of methoxy groups -OCH3 is 1. The Bertz CT molecular complexity index is 714. The molecule has 25 heavy (non-hydrogen) atoms. The molecule has 0 aromatic heterocycles. The number of carbonyl (C=O) groups is 1. The quantitative estimate of drug-likeness (QED) is 0.763. The molecule has 1 amide bonds. The summed E-state index contributed by atoms with van der Waals surface area (Å²) in [5.74, 6) is 0.856. The van der Waals surface area contributed by atoms with Crippen LogP contribution in [0.15, 0.2) is 48.5 Å². The number of ether oxygens (including phenoxy) is 1. The molecule has 0 spiro atoms. The fraction of sp³-hybridized carbons (Fsp3) is 0.350. The molecule has 0 radical (unpaired) electrons. The van der Waals surface area contributed by atoms with Crippen molar-refractivity contribution in [3.63, 3.8) is 0 Å². The van der Waals surface area contributed by atoms with Crippen LogP contribution in [0.25, 0.3) is 0 Å². The molecule has 0 bridgehead atoms. The van der Waals surface area contributed by atoms with Crippen molar-refractivity contribution in [3.05, 3.63) is 59.1 Å². The lowest BCUT2D eigenvalue weighted by Gasteiger charge is -2.22. The Morgan fingerprint density at radius 2 is 1.92 bits per heavy atom. The highest BCUT2D eigenvalue weighted by atomic mass is 35.5. The number of anilines is 1. The number of carbonyl (C=O) groups excluding carboxylic acids is 1. The summed E-state index contributed by atoms with van der Waals surface area (Å²) in [6, 6.07) is 16.0. The summed E-state index contributed by atoms with van der Waals surface area (Å²) in [5, 5.41) is 3.45. The van der Waals surface area contributed by atoms with Crippen molar-refractivity contribution in [2.24, 2.45) is 0 Å². The molecule has 1 aliphatic rings. The number of amides is 1. The monoisotopic (exact) mass is 358 g/mol. The number of rotatable bonds is 8. The van der Waals surface area contributed by atoms with Gasteiger partial charge in [0.25, 0.3) is 0 Å². The maximum absolute atomic E-state index is 12.2. The predicted octanol–water partition coefficient (Wildman–Crippen LogP) is 4.34. The van der Waals surface area contributed by atoms with Crippen LogP contribution in [0.1, 0.15) is 24.8 Å². The third-order valence-corrected chi connectivity index (χ3v) is 4.71. The Balaban J connectivity index is 1.53. The summed E-state index contributed by atoms with van der Waals surface area (Å²) in [7, 11) is 1.67. The molecule has 0 aliphatic heterocycles. The van der Waals surface area contributed by atoms with Gasteiger partial charge in [-0.05, 0) is 42.7 Å². The van der Waals surface area contributed by atoms with Gasteiger partial charge in [-0.15, -0.1) is 0 Å². The molecule has 0 saturated heterocycles. The Hall–Kier alpha value is -2.04. The van der Waals surface area contributed by atoms with Crippen LogP contribution in [0.3, 0.4) is 0 Å². The van der Waals surface area contributed by atoms with Crippen LogP contribution in [0.2, 0.25) is 5.02 Å². The summed E-state index contributed by atoms with van der Waals surface area (Å²) in [6.07, 6.45) is 2.88. The number of benzene rings is 2. The molecule has 0 atom stereocenters. The molecule has 1 aliphatic carbocycles. The highest BCUT2D eigenvalue weighted by Crippen LogP contribution is 2.29. The van der Waals surface area contributed by atoms with E-state index in [4.69, 9.17) is 16.3 Å². The van der Waals surface area contributed by atoms with Crippen molar-refractivity contribution in [3.8, 4) is 5.75 Å². The van der Waals surface area contributed by atoms with E-state index in [-0.39, 0.29) is 5.91 Å². The summed E-state index contributed by atoms with van der Waals surface area (Å²) in [4.78, 5) is 14.6. The van der Waals surface area contributed by atoms with Crippen LogP contribution in [0.4, 0.5) is 5.69 Å². The predicted molar refractivity (Wildman–Crippen MR) is 101 cm³/mol. The Kier molecular flexibility index (Phi) is 5.95. The third kappa shape index (κ3) is 5.21. The average Bonchev–Trinajstić information content (AvgIpc) is 3.46. The first-order valence-corrected chi connectivity index (χ1v) is 8.95. The Morgan fingerprint density at radius 1 is 1.20 bits per heavy atom. The average molecular weight is 359 g/mol. The molecule has 1 saturated carbocycles. The second kappa shape index (κ2) is 8.37.